The smallest absolute Gasteiger partial charge is 0.323 e. The third-order valence-electron chi connectivity index (χ3n) is 3.78. The van der Waals surface area contributed by atoms with Crippen molar-refractivity contribution < 1.29 is 9.53 Å². The van der Waals surface area contributed by atoms with Crippen molar-refractivity contribution >= 4 is 5.97 Å². The summed E-state index contributed by atoms with van der Waals surface area (Å²) in [7, 11) is 0. The van der Waals surface area contributed by atoms with Crippen LogP contribution in [0.5, 0.6) is 0 Å². The van der Waals surface area contributed by atoms with Gasteiger partial charge in [-0.3, -0.25) is 4.79 Å². The largest absolute Gasteiger partial charge is 0.461 e. The Labute approximate surface area is 105 Å². The summed E-state index contributed by atoms with van der Waals surface area (Å²) in [5, 5.41) is 0. The molecular weight excluding hydrogens is 214 g/mol. The summed E-state index contributed by atoms with van der Waals surface area (Å²) < 4.78 is 5.55. The first kappa shape index (κ1) is 14.5. The minimum absolute atomic E-state index is 0.0922. The topological polar surface area (TPSA) is 52.3 Å². The summed E-state index contributed by atoms with van der Waals surface area (Å²) in [6, 6.07) is -0.524. The van der Waals surface area contributed by atoms with Crippen molar-refractivity contribution in [2.75, 3.05) is 0 Å². The first-order valence-electron chi connectivity index (χ1n) is 6.80. The second kappa shape index (κ2) is 5.85. The second-order valence-electron chi connectivity index (χ2n) is 6.34. The number of hydrogen-bond donors (Lipinski definition) is 1. The molecule has 0 bridgehead atoms. The maximum absolute atomic E-state index is 11.9. The van der Waals surface area contributed by atoms with E-state index in [2.05, 4.69) is 6.92 Å². The molecule has 0 radical (unpaired) electrons. The lowest BCUT2D eigenvalue weighted by atomic mass is 9.85. The molecule has 0 aromatic carbocycles. The van der Waals surface area contributed by atoms with Gasteiger partial charge in [-0.05, 0) is 30.6 Å². The average molecular weight is 241 g/mol. The van der Waals surface area contributed by atoms with Crippen LogP contribution in [0.25, 0.3) is 0 Å². The van der Waals surface area contributed by atoms with E-state index in [1.165, 1.54) is 19.3 Å². The van der Waals surface area contributed by atoms with E-state index >= 15 is 0 Å². The zero-order chi connectivity index (χ0) is 13.1. The minimum Gasteiger partial charge on any atom is -0.461 e. The van der Waals surface area contributed by atoms with Crippen molar-refractivity contribution in [1.82, 2.24) is 0 Å². The normalized spacial score (nSPS) is 27.6. The average Bonchev–Trinajstić information content (AvgIpc) is 2.27. The Morgan fingerprint density at radius 2 is 2.06 bits per heavy atom. The maximum atomic E-state index is 11.9. The molecule has 100 valence electrons. The van der Waals surface area contributed by atoms with Gasteiger partial charge in [-0.1, -0.05) is 40.5 Å². The summed E-state index contributed by atoms with van der Waals surface area (Å²) in [6.07, 6.45) is 5.73. The van der Waals surface area contributed by atoms with Gasteiger partial charge in [-0.25, -0.2) is 0 Å². The highest BCUT2D eigenvalue weighted by Gasteiger charge is 2.32. The van der Waals surface area contributed by atoms with E-state index in [1.807, 2.05) is 20.8 Å². The van der Waals surface area contributed by atoms with E-state index in [4.69, 9.17) is 10.5 Å². The van der Waals surface area contributed by atoms with Crippen LogP contribution in [0.1, 0.15) is 59.8 Å². The van der Waals surface area contributed by atoms with Crippen LogP contribution >= 0.6 is 0 Å². The lowest BCUT2D eigenvalue weighted by Crippen LogP contribution is -2.45. The summed E-state index contributed by atoms with van der Waals surface area (Å²) in [5.41, 5.74) is 5.68. The van der Waals surface area contributed by atoms with Crippen LogP contribution in [0.4, 0.5) is 0 Å². The van der Waals surface area contributed by atoms with Gasteiger partial charge in [0, 0.05) is 0 Å². The predicted octanol–water partition coefficient (Wildman–Crippen LogP) is 2.87. The summed E-state index contributed by atoms with van der Waals surface area (Å²) >= 11 is 0. The molecule has 0 saturated heterocycles. The number of ether oxygens (including phenoxy) is 1. The highest BCUT2D eigenvalue weighted by Crippen LogP contribution is 2.29. The van der Waals surface area contributed by atoms with E-state index in [-0.39, 0.29) is 17.5 Å². The summed E-state index contributed by atoms with van der Waals surface area (Å²) in [4.78, 5) is 11.9. The van der Waals surface area contributed by atoms with Crippen molar-refractivity contribution in [3.63, 3.8) is 0 Å². The minimum atomic E-state index is -0.524. The first-order valence-corrected chi connectivity index (χ1v) is 6.80. The lowest BCUT2D eigenvalue weighted by molar-refractivity contribution is -0.155. The number of nitrogens with two attached hydrogens (primary N) is 1. The van der Waals surface area contributed by atoms with Crippen molar-refractivity contribution in [3.05, 3.63) is 0 Å². The molecule has 0 aromatic heterocycles. The van der Waals surface area contributed by atoms with Crippen LogP contribution in [-0.4, -0.2) is 18.1 Å². The third-order valence-corrected chi connectivity index (χ3v) is 3.78. The zero-order valence-electron chi connectivity index (χ0n) is 11.7. The lowest BCUT2D eigenvalue weighted by Gasteiger charge is -2.31. The van der Waals surface area contributed by atoms with E-state index in [0.717, 1.165) is 12.8 Å². The summed E-state index contributed by atoms with van der Waals surface area (Å²) in [6.45, 7) is 8.10. The van der Waals surface area contributed by atoms with Gasteiger partial charge in [0.05, 0.1) is 0 Å². The molecule has 1 rings (SSSR count). The van der Waals surface area contributed by atoms with Crippen LogP contribution in [-0.2, 0) is 9.53 Å². The highest BCUT2D eigenvalue weighted by molar-refractivity contribution is 5.76. The van der Waals surface area contributed by atoms with E-state index in [0.29, 0.717) is 5.92 Å². The summed E-state index contributed by atoms with van der Waals surface area (Å²) in [5.74, 6) is 0.478. The van der Waals surface area contributed by atoms with Crippen molar-refractivity contribution in [3.8, 4) is 0 Å². The SMILES string of the molecule is CCC1CCCC(OC(=O)[C@@H](N)C(C)(C)C)C1. The van der Waals surface area contributed by atoms with Crippen molar-refractivity contribution in [2.24, 2.45) is 17.1 Å². The number of carbonyl (C=O) groups excluding carboxylic acids is 1. The molecule has 3 heteroatoms. The molecule has 0 aromatic rings. The molecular formula is C14H27NO2. The van der Waals surface area contributed by atoms with Crippen LogP contribution in [0.2, 0.25) is 0 Å². The van der Waals surface area contributed by atoms with Crippen molar-refractivity contribution in [2.45, 2.75) is 71.9 Å². The molecule has 1 fully saturated rings. The monoisotopic (exact) mass is 241 g/mol. The second-order valence-corrected chi connectivity index (χ2v) is 6.34. The van der Waals surface area contributed by atoms with E-state index in [1.54, 1.807) is 0 Å². The molecule has 1 aliphatic rings. The Kier molecular flexibility index (Phi) is 4.99. The quantitative estimate of drug-likeness (QED) is 0.773. The van der Waals surface area contributed by atoms with Gasteiger partial charge < -0.3 is 10.5 Å². The van der Waals surface area contributed by atoms with E-state index < -0.39 is 6.04 Å². The van der Waals surface area contributed by atoms with Crippen LogP contribution in [0, 0.1) is 11.3 Å². The molecule has 0 aliphatic heterocycles. The molecule has 3 nitrogen and oxygen atoms in total. The molecule has 2 unspecified atom stereocenters. The van der Waals surface area contributed by atoms with Crippen LogP contribution in [0.15, 0.2) is 0 Å². The predicted molar refractivity (Wildman–Crippen MR) is 69.6 cm³/mol. The van der Waals surface area contributed by atoms with Crippen LogP contribution < -0.4 is 5.73 Å². The van der Waals surface area contributed by atoms with Gasteiger partial charge in [0.15, 0.2) is 0 Å². The Balaban J connectivity index is 2.46. The van der Waals surface area contributed by atoms with Crippen molar-refractivity contribution in [1.29, 1.82) is 0 Å². The molecule has 1 aliphatic carbocycles. The number of carbonyl (C=O) groups is 1. The van der Waals surface area contributed by atoms with Gasteiger partial charge in [0.25, 0.3) is 0 Å². The van der Waals surface area contributed by atoms with Gasteiger partial charge in [-0.2, -0.15) is 0 Å². The van der Waals surface area contributed by atoms with Gasteiger partial charge in [0.2, 0.25) is 0 Å². The molecule has 0 spiro atoms. The van der Waals surface area contributed by atoms with Gasteiger partial charge >= 0.3 is 5.97 Å². The molecule has 3 atom stereocenters. The number of rotatable bonds is 3. The zero-order valence-corrected chi connectivity index (χ0v) is 11.7. The third kappa shape index (κ3) is 4.30. The van der Waals surface area contributed by atoms with Gasteiger partial charge in [0.1, 0.15) is 12.1 Å². The van der Waals surface area contributed by atoms with Gasteiger partial charge in [-0.15, -0.1) is 0 Å². The Morgan fingerprint density at radius 3 is 2.59 bits per heavy atom. The Hall–Kier alpha value is -0.570. The molecule has 2 N–H and O–H groups in total. The molecule has 1 saturated carbocycles. The standard InChI is InChI=1S/C14H27NO2/c1-5-10-7-6-8-11(9-10)17-13(16)12(15)14(2,3)4/h10-12H,5-9,15H2,1-4H3/t10?,11?,12-/m1/s1. The Morgan fingerprint density at radius 1 is 1.41 bits per heavy atom. The maximum Gasteiger partial charge on any atom is 0.323 e. The fourth-order valence-electron chi connectivity index (χ4n) is 2.31. The van der Waals surface area contributed by atoms with Crippen LogP contribution in [0.3, 0.4) is 0 Å². The molecule has 0 heterocycles. The highest BCUT2D eigenvalue weighted by atomic mass is 16.5. The molecule has 17 heavy (non-hydrogen) atoms. The molecule has 0 amide bonds. The number of hydrogen-bond acceptors (Lipinski definition) is 3. The Bertz CT molecular complexity index is 257. The fourth-order valence-corrected chi connectivity index (χ4v) is 2.31. The number of esters is 1. The first-order chi connectivity index (χ1) is 7.84. The fraction of sp³-hybridized carbons (Fsp3) is 0.929. The van der Waals surface area contributed by atoms with E-state index in [9.17, 15) is 4.79 Å².